The lowest BCUT2D eigenvalue weighted by molar-refractivity contribution is 0.0953. The maximum atomic E-state index is 12.0. The second-order valence-corrected chi connectivity index (χ2v) is 5.05. The summed E-state index contributed by atoms with van der Waals surface area (Å²) in [6.07, 6.45) is 6.83. The van der Waals surface area contributed by atoms with Gasteiger partial charge in [0, 0.05) is 18.1 Å². The number of rotatable bonds is 4. The van der Waals surface area contributed by atoms with Crippen molar-refractivity contribution < 1.29 is 9.21 Å². The summed E-state index contributed by atoms with van der Waals surface area (Å²) in [5.41, 5.74) is 5.68. The van der Waals surface area contributed by atoms with Gasteiger partial charge in [0.2, 0.25) is 0 Å². The first-order valence-corrected chi connectivity index (χ1v) is 7.12. The Kier molecular flexibility index (Phi) is 4.05. The number of aromatic nitrogens is 2. The number of nitrogens with one attached hydrogen (secondary N) is 1. The van der Waals surface area contributed by atoms with Crippen LogP contribution in [0, 0.1) is 6.92 Å². The molecular weight excluding hydrogens is 292 g/mol. The molecule has 0 fully saturated rings. The Morgan fingerprint density at radius 3 is 2.65 bits per heavy atom. The molecule has 6 heteroatoms. The van der Waals surface area contributed by atoms with E-state index in [1.165, 1.54) is 6.26 Å². The van der Waals surface area contributed by atoms with Gasteiger partial charge in [-0.05, 0) is 37.6 Å². The van der Waals surface area contributed by atoms with Crippen molar-refractivity contribution in [2.24, 2.45) is 5.10 Å². The van der Waals surface area contributed by atoms with Crippen molar-refractivity contribution in [2.45, 2.75) is 13.8 Å². The number of nitrogens with zero attached hydrogens (tertiary/aromatic N) is 3. The number of carbonyl (C=O) groups is 1. The largest absolute Gasteiger partial charge is 0.469 e. The van der Waals surface area contributed by atoms with Gasteiger partial charge in [0.05, 0.1) is 23.9 Å². The minimum Gasteiger partial charge on any atom is -0.469 e. The molecule has 3 rings (SSSR count). The predicted molar refractivity (Wildman–Crippen MR) is 86.7 cm³/mol. The molecule has 1 N–H and O–H groups in total. The zero-order valence-corrected chi connectivity index (χ0v) is 12.9. The molecule has 0 aliphatic heterocycles. The Labute approximate surface area is 133 Å². The number of amides is 1. The van der Waals surface area contributed by atoms with Crippen LogP contribution in [0.25, 0.3) is 5.69 Å². The Morgan fingerprint density at radius 2 is 2.04 bits per heavy atom. The number of hydrazone groups is 1. The van der Waals surface area contributed by atoms with Crippen LogP contribution in [0.1, 0.15) is 28.6 Å². The molecule has 2 aromatic heterocycles. The quantitative estimate of drug-likeness (QED) is 0.595. The Hall–Kier alpha value is -3.15. The van der Waals surface area contributed by atoms with E-state index in [2.05, 4.69) is 15.5 Å². The summed E-state index contributed by atoms with van der Waals surface area (Å²) in [6.45, 7) is 3.58. The smallest absolute Gasteiger partial charge is 0.274 e. The van der Waals surface area contributed by atoms with Crippen LogP contribution in [0.5, 0.6) is 0 Å². The van der Waals surface area contributed by atoms with Crippen LogP contribution in [0.15, 0.2) is 64.8 Å². The number of benzene rings is 1. The van der Waals surface area contributed by atoms with Gasteiger partial charge in [-0.15, -0.1) is 0 Å². The van der Waals surface area contributed by atoms with Crippen molar-refractivity contribution in [2.75, 3.05) is 0 Å². The highest BCUT2D eigenvalue weighted by molar-refractivity contribution is 6.01. The van der Waals surface area contributed by atoms with E-state index in [-0.39, 0.29) is 5.91 Å². The molecule has 23 heavy (non-hydrogen) atoms. The molecule has 0 aliphatic carbocycles. The zero-order valence-electron chi connectivity index (χ0n) is 12.9. The van der Waals surface area contributed by atoms with Gasteiger partial charge in [-0.25, -0.2) is 10.4 Å². The fraction of sp³-hybridized carbons (Fsp3) is 0.118. The maximum Gasteiger partial charge on any atom is 0.274 e. The standard InChI is InChI=1S/C17H16N4O2/c1-12(19-20-17(22)16-7-10-23-13(16)2)14-3-5-15(6-4-14)21-9-8-18-11-21/h3-11H,1-2H3,(H,20,22). The zero-order chi connectivity index (χ0) is 16.2. The first-order chi connectivity index (χ1) is 11.1. The van der Waals surface area contributed by atoms with Crippen molar-refractivity contribution in [1.82, 2.24) is 15.0 Å². The SMILES string of the molecule is CC(=NNC(=O)c1ccoc1C)c1ccc(-n2ccnc2)cc1. The number of aryl methyl sites for hydroxylation is 1. The molecule has 116 valence electrons. The van der Waals surface area contributed by atoms with Crippen molar-refractivity contribution >= 4 is 11.6 Å². The topological polar surface area (TPSA) is 72.4 Å². The van der Waals surface area contributed by atoms with Crippen LogP contribution >= 0.6 is 0 Å². The molecule has 0 aliphatic rings. The lowest BCUT2D eigenvalue weighted by atomic mass is 10.1. The minimum absolute atomic E-state index is 0.286. The summed E-state index contributed by atoms with van der Waals surface area (Å²) in [4.78, 5) is 16.0. The summed E-state index contributed by atoms with van der Waals surface area (Å²) in [6, 6.07) is 9.46. The second-order valence-electron chi connectivity index (χ2n) is 5.05. The third kappa shape index (κ3) is 3.21. The lowest BCUT2D eigenvalue weighted by Crippen LogP contribution is -2.19. The van der Waals surface area contributed by atoms with Crippen molar-refractivity contribution in [3.8, 4) is 5.69 Å². The van der Waals surface area contributed by atoms with Crippen molar-refractivity contribution in [3.05, 3.63) is 72.2 Å². The summed E-state index contributed by atoms with van der Waals surface area (Å²) >= 11 is 0. The molecular formula is C17H16N4O2. The highest BCUT2D eigenvalue weighted by Crippen LogP contribution is 2.11. The van der Waals surface area contributed by atoms with Crippen LogP contribution < -0.4 is 5.43 Å². The molecule has 0 radical (unpaired) electrons. The van der Waals surface area contributed by atoms with Crippen LogP contribution in [0.4, 0.5) is 0 Å². The molecule has 0 saturated heterocycles. The predicted octanol–water partition coefficient (Wildman–Crippen LogP) is 2.93. The summed E-state index contributed by atoms with van der Waals surface area (Å²) in [5.74, 6) is 0.283. The Bertz CT molecular complexity index is 830. The molecule has 0 saturated carbocycles. The van der Waals surface area contributed by atoms with E-state index >= 15 is 0 Å². The van der Waals surface area contributed by atoms with Gasteiger partial charge in [0.1, 0.15) is 5.76 Å². The molecule has 1 amide bonds. The van der Waals surface area contributed by atoms with Gasteiger partial charge in [0.25, 0.3) is 5.91 Å². The number of furan rings is 1. The first kappa shape index (κ1) is 14.8. The molecule has 1 aromatic carbocycles. The van der Waals surface area contributed by atoms with Crippen LogP contribution in [0.3, 0.4) is 0 Å². The monoisotopic (exact) mass is 308 g/mol. The van der Waals surface area contributed by atoms with Gasteiger partial charge in [-0.2, -0.15) is 5.10 Å². The molecule has 0 unspecified atom stereocenters. The number of carbonyl (C=O) groups excluding carboxylic acids is 1. The minimum atomic E-state index is -0.286. The van der Waals surface area contributed by atoms with Crippen LogP contribution in [-0.2, 0) is 0 Å². The number of hydrogen-bond donors (Lipinski definition) is 1. The maximum absolute atomic E-state index is 12.0. The van der Waals surface area contributed by atoms with E-state index in [1.807, 2.05) is 42.0 Å². The fourth-order valence-corrected chi connectivity index (χ4v) is 2.17. The van der Waals surface area contributed by atoms with E-state index in [4.69, 9.17) is 4.42 Å². The number of imidazole rings is 1. The van der Waals surface area contributed by atoms with E-state index in [1.54, 1.807) is 25.5 Å². The highest BCUT2D eigenvalue weighted by Gasteiger charge is 2.10. The molecule has 3 aromatic rings. The molecule has 0 atom stereocenters. The highest BCUT2D eigenvalue weighted by atomic mass is 16.3. The normalized spacial score (nSPS) is 11.5. The van der Waals surface area contributed by atoms with E-state index < -0.39 is 0 Å². The van der Waals surface area contributed by atoms with Gasteiger partial charge >= 0.3 is 0 Å². The molecule has 0 spiro atoms. The molecule has 0 bridgehead atoms. The summed E-state index contributed by atoms with van der Waals surface area (Å²) in [7, 11) is 0. The fourth-order valence-electron chi connectivity index (χ4n) is 2.17. The third-order valence-corrected chi connectivity index (χ3v) is 3.52. The third-order valence-electron chi connectivity index (χ3n) is 3.52. The average molecular weight is 308 g/mol. The molecule has 2 heterocycles. The first-order valence-electron chi connectivity index (χ1n) is 7.12. The van der Waals surface area contributed by atoms with Crippen LogP contribution in [0.2, 0.25) is 0 Å². The van der Waals surface area contributed by atoms with Crippen molar-refractivity contribution in [3.63, 3.8) is 0 Å². The Morgan fingerprint density at radius 1 is 1.26 bits per heavy atom. The van der Waals surface area contributed by atoms with Gasteiger partial charge in [-0.1, -0.05) is 12.1 Å². The van der Waals surface area contributed by atoms with Gasteiger partial charge in [0.15, 0.2) is 0 Å². The van der Waals surface area contributed by atoms with Crippen LogP contribution in [-0.4, -0.2) is 21.2 Å². The van der Waals surface area contributed by atoms with Gasteiger partial charge in [-0.3, -0.25) is 4.79 Å². The lowest BCUT2D eigenvalue weighted by Gasteiger charge is -2.05. The van der Waals surface area contributed by atoms with E-state index in [9.17, 15) is 4.79 Å². The summed E-state index contributed by atoms with van der Waals surface area (Å²) in [5, 5.41) is 4.14. The number of hydrogen-bond acceptors (Lipinski definition) is 4. The Balaban J connectivity index is 1.71. The second kappa shape index (κ2) is 6.31. The van der Waals surface area contributed by atoms with Crippen molar-refractivity contribution in [1.29, 1.82) is 0 Å². The van der Waals surface area contributed by atoms with Gasteiger partial charge < -0.3 is 8.98 Å². The summed E-state index contributed by atoms with van der Waals surface area (Å²) < 4.78 is 7.03. The van der Waals surface area contributed by atoms with E-state index in [0.717, 1.165) is 17.0 Å². The average Bonchev–Trinajstić information content (AvgIpc) is 3.24. The molecule has 6 nitrogen and oxygen atoms in total. The van der Waals surface area contributed by atoms with E-state index in [0.29, 0.717) is 11.3 Å².